The first-order chi connectivity index (χ1) is 13.6. The molecule has 5 nitrogen and oxygen atoms in total. The van der Waals surface area contributed by atoms with Crippen LogP contribution in [0.3, 0.4) is 0 Å². The summed E-state index contributed by atoms with van der Waals surface area (Å²) in [6.07, 6.45) is 0. The van der Waals surface area contributed by atoms with Crippen molar-refractivity contribution in [2.24, 2.45) is 0 Å². The smallest absolute Gasteiger partial charge is 0.266 e. The van der Waals surface area contributed by atoms with Crippen molar-refractivity contribution in [3.05, 3.63) is 53.6 Å². The molecule has 0 saturated heterocycles. The standard InChI is InChI=1S/C21H24ClN3O2S.ClH/c1-3-24(4-2)13-14-25(19(26)15-27-16-9-6-5-7-10-16)21-23-20-17(22)11-8-12-18(20)28-21;/h5-12H,3-4,13-15H2,1-2H3;1H. The van der Waals surface area contributed by atoms with Gasteiger partial charge in [0.15, 0.2) is 11.7 Å². The average Bonchev–Trinajstić information content (AvgIpc) is 3.15. The SMILES string of the molecule is CCN(CC)CCN(C(=O)COc1ccccc1)c1nc2c(Cl)cccc2s1.Cl. The molecule has 3 rings (SSSR count). The van der Waals surface area contributed by atoms with E-state index in [1.54, 1.807) is 4.90 Å². The van der Waals surface area contributed by atoms with E-state index in [1.807, 2.05) is 48.5 Å². The van der Waals surface area contributed by atoms with Crippen molar-refractivity contribution in [2.75, 3.05) is 37.7 Å². The fourth-order valence-corrected chi connectivity index (χ4v) is 4.18. The van der Waals surface area contributed by atoms with Crippen molar-refractivity contribution in [1.82, 2.24) is 9.88 Å². The summed E-state index contributed by atoms with van der Waals surface area (Å²) in [6.45, 7) is 7.39. The Kier molecular flexibility index (Phi) is 9.17. The molecular weight excluding hydrogens is 429 g/mol. The Hall–Kier alpha value is -1.86. The van der Waals surface area contributed by atoms with Gasteiger partial charge in [-0.25, -0.2) is 4.98 Å². The van der Waals surface area contributed by atoms with Crippen molar-refractivity contribution in [1.29, 1.82) is 0 Å². The molecular formula is C21H25Cl2N3O2S. The molecule has 29 heavy (non-hydrogen) atoms. The Morgan fingerprint density at radius 1 is 1.07 bits per heavy atom. The average molecular weight is 454 g/mol. The van der Waals surface area contributed by atoms with Gasteiger partial charge >= 0.3 is 0 Å². The molecule has 0 spiro atoms. The van der Waals surface area contributed by atoms with Crippen LogP contribution in [0, 0.1) is 0 Å². The van der Waals surface area contributed by atoms with Crippen LogP contribution in [-0.4, -0.2) is 48.6 Å². The lowest BCUT2D eigenvalue weighted by atomic mass is 10.3. The lowest BCUT2D eigenvalue weighted by Gasteiger charge is -2.24. The molecule has 0 unspecified atom stereocenters. The first-order valence-corrected chi connectivity index (χ1v) is 10.6. The maximum Gasteiger partial charge on any atom is 0.266 e. The largest absolute Gasteiger partial charge is 0.484 e. The molecule has 0 radical (unpaired) electrons. The molecule has 0 aliphatic carbocycles. The molecule has 2 aromatic carbocycles. The van der Waals surface area contributed by atoms with Gasteiger partial charge in [-0.1, -0.05) is 61.1 Å². The molecule has 156 valence electrons. The second kappa shape index (κ2) is 11.4. The molecule has 1 heterocycles. The number of fused-ring (bicyclic) bond motifs is 1. The molecule has 0 atom stereocenters. The van der Waals surface area contributed by atoms with Gasteiger partial charge in [-0.15, -0.1) is 12.4 Å². The van der Waals surface area contributed by atoms with E-state index in [1.165, 1.54) is 11.3 Å². The van der Waals surface area contributed by atoms with Gasteiger partial charge in [-0.3, -0.25) is 9.69 Å². The summed E-state index contributed by atoms with van der Waals surface area (Å²) in [5.74, 6) is 0.554. The highest BCUT2D eigenvalue weighted by Crippen LogP contribution is 2.32. The molecule has 0 saturated carbocycles. The number of aromatic nitrogens is 1. The van der Waals surface area contributed by atoms with Crippen LogP contribution < -0.4 is 9.64 Å². The highest BCUT2D eigenvalue weighted by molar-refractivity contribution is 7.22. The zero-order valence-electron chi connectivity index (χ0n) is 16.5. The van der Waals surface area contributed by atoms with Crippen LogP contribution in [-0.2, 0) is 4.79 Å². The molecule has 1 amide bonds. The van der Waals surface area contributed by atoms with E-state index >= 15 is 0 Å². The topological polar surface area (TPSA) is 45.7 Å². The maximum atomic E-state index is 13.0. The fourth-order valence-electron chi connectivity index (χ4n) is 2.87. The maximum absolute atomic E-state index is 13.0. The van der Waals surface area contributed by atoms with E-state index in [2.05, 4.69) is 23.7 Å². The third kappa shape index (κ3) is 6.06. The quantitative estimate of drug-likeness (QED) is 0.450. The third-order valence-electron chi connectivity index (χ3n) is 4.53. The summed E-state index contributed by atoms with van der Waals surface area (Å²) in [4.78, 5) is 21.6. The van der Waals surface area contributed by atoms with E-state index in [9.17, 15) is 4.79 Å². The van der Waals surface area contributed by atoms with E-state index < -0.39 is 0 Å². The number of thiazole rings is 1. The summed E-state index contributed by atoms with van der Waals surface area (Å²) < 4.78 is 6.64. The summed E-state index contributed by atoms with van der Waals surface area (Å²) in [6, 6.07) is 15.0. The minimum Gasteiger partial charge on any atom is -0.484 e. The van der Waals surface area contributed by atoms with E-state index in [-0.39, 0.29) is 24.9 Å². The Labute approximate surface area is 186 Å². The Morgan fingerprint density at radius 2 is 1.79 bits per heavy atom. The van der Waals surface area contributed by atoms with Crippen molar-refractivity contribution < 1.29 is 9.53 Å². The molecule has 0 fully saturated rings. The van der Waals surface area contributed by atoms with Gasteiger partial charge in [0.2, 0.25) is 0 Å². The zero-order chi connectivity index (χ0) is 19.9. The van der Waals surface area contributed by atoms with Gasteiger partial charge in [0, 0.05) is 13.1 Å². The number of hydrogen-bond donors (Lipinski definition) is 0. The van der Waals surface area contributed by atoms with Gasteiger partial charge in [0.05, 0.1) is 9.72 Å². The zero-order valence-corrected chi connectivity index (χ0v) is 18.9. The van der Waals surface area contributed by atoms with Crippen LogP contribution >= 0.6 is 35.3 Å². The molecule has 3 aromatic rings. The highest BCUT2D eigenvalue weighted by atomic mass is 35.5. The third-order valence-corrected chi connectivity index (χ3v) is 5.88. The van der Waals surface area contributed by atoms with Gasteiger partial charge in [-0.2, -0.15) is 0 Å². The van der Waals surface area contributed by atoms with E-state index in [0.717, 1.165) is 29.9 Å². The normalized spacial score (nSPS) is 10.8. The molecule has 0 N–H and O–H groups in total. The fraction of sp³-hybridized carbons (Fsp3) is 0.333. The predicted molar refractivity (Wildman–Crippen MR) is 124 cm³/mol. The summed E-state index contributed by atoms with van der Waals surface area (Å²) in [5, 5.41) is 1.24. The number of ether oxygens (including phenoxy) is 1. The highest BCUT2D eigenvalue weighted by Gasteiger charge is 2.21. The molecule has 1 aromatic heterocycles. The second-order valence-corrected chi connectivity index (χ2v) is 7.67. The van der Waals surface area contributed by atoms with Gasteiger partial charge in [0.1, 0.15) is 11.3 Å². The Balaban J connectivity index is 0.00000300. The first-order valence-electron chi connectivity index (χ1n) is 9.38. The van der Waals surface area contributed by atoms with Crippen LogP contribution in [0.25, 0.3) is 10.2 Å². The number of carbonyl (C=O) groups is 1. The summed E-state index contributed by atoms with van der Waals surface area (Å²) in [7, 11) is 0. The number of likely N-dealkylation sites (N-methyl/N-ethyl adjacent to an activating group) is 1. The van der Waals surface area contributed by atoms with Gasteiger partial charge < -0.3 is 9.64 Å². The van der Waals surface area contributed by atoms with E-state index in [0.29, 0.717) is 22.4 Å². The second-order valence-electron chi connectivity index (χ2n) is 6.26. The van der Waals surface area contributed by atoms with Crippen LogP contribution in [0.2, 0.25) is 5.02 Å². The Bertz CT molecular complexity index is 917. The monoisotopic (exact) mass is 453 g/mol. The number of para-hydroxylation sites is 2. The van der Waals surface area contributed by atoms with Crippen molar-refractivity contribution in [2.45, 2.75) is 13.8 Å². The summed E-state index contributed by atoms with van der Waals surface area (Å²) >= 11 is 7.75. The van der Waals surface area contributed by atoms with Crippen molar-refractivity contribution in [3.8, 4) is 5.75 Å². The van der Waals surface area contributed by atoms with E-state index in [4.69, 9.17) is 16.3 Å². The molecule has 8 heteroatoms. The lowest BCUT2D eigenvalue weighted by Crippen LogP contribution is -2.41. The number of nitrogens with zero attached hydrogens (tertiary/aromatic N) is 3. The van der Waals surface area contributed by atoms with Crippen molar-refractivity contribution >= 4 is 56.6 Å². The van der Waals surface area contributed by atoms with Gasteiger partial charge in [-0.05, 0) is 37.4 Å². The summed E-state index contributed by atoms with van der Waals surface area (Å²) in [5.41, 5.74) is 0.730. The van der Waals surface area contributed by atoms with Crippen molar-refractivity contribution in [3.63, 3.8) is 0 Å². The number of benzene rings is 2. The number of carbonyl (C=O) groups excluding carboxylic acids is 1. The number of amides is 1. The number of hydrogen-bond acceptors (Lipinski definition) is 5. The van der Waals surface area contributed by atoms with Crippen LogP contribution in [0.4, 0.5) is 5.13 Å². The Morgan fingerprint density at radius 3 is 2.45 bits per heavy atom. The number of anilines is 1. The first kappa shape index (κ1) is 23.4. The molecule has 0 bridgehead atoms. The minimum atomic E-state index is -0.119. The van der Waals surface area contributed by atoms with Gasteiger partial charge in [0.25, 0.3) is 5.91 Å². The molecule has 0 aliphatic heterocycles. The number of halogens is 2. The van der Waals surface area contributed by atoms with Crippen LogP contribution in [0.5, 0.6) is 5.75 Å². The van der Waals surface area contributed by atoms with Crippen LogP contribution in [0.1, 0.15) is 13.8 Å². The lowest BCUT2D eigenvalue weighted by molar-refractivity contribution is -0.120. The number of rotatable bonds is 9. The molecule has 0 aliphatic rings. The van der Waals surface area contributed by atoms with Crippen LogP contribution in [0.15, 0.2) is 48.5 Å². The minimum absolute atomic E-state index is 0. The predicted octanol–water partition coefficient (Wildman–Crippen LogP) is 5.13.